The Kier molecular flexibility index (Phi) is 7.59. The molecule has 1 nitrogen and oxygen atoms in total. The molecule has 21 heavy (non-hydrogen) atoms. The highest BCUT2D eigenvalue weighted by molar-refractivity contribution is 7.99. The number of benzene rings is 1. The minimum absolute atomic E-state index is 0.123. The molecule has 3 heteroatoms. The molecule has 1 aromatic rings. The average Bonchev–Trinajstić information content (AvgIpc) is 2.51. The second-order valence-corrected chi connectivity index (χ2v) is 7.41. The van der Waals surface area contributed by atoms with Crippen molar-refractivity contribution in [2.45, 2.75) is 63.2 Å². The van der Waals surface area contributed by atoms with E-state index in [1.165, 1.54) is 38.2 Å². The molecule has 0 saturated heterocycles. The van der Waals surface area contributed by atoms with Crippen molar-refractivity contribution >= 4 is 11.8 Å². The van der Waals surface area contributed by atoms with Gasteiger partial charge in [0.1, 0.15) is 5.82 Å². The van der Waals surface area contributed by atoms with Gasteiger partial charge >= 0.3 is 0 Å². The summed E-state index contributed by atoms with van der Waals surface area (Å²) in [7, 11) is 0. The molecule has 1 saturated carbocycles. The van der Waals surface area contributed by atoms with Crippen LogP contribution in [-0.4, -0.2) is 23.6 Å². The molecule has 0 aliphatic heterocycles. The van der Waals surface area contributed by atoms with E-state index in [0.717, 1.165) is 36.0 Å². The van der Waals surface area contributed by atoms with Crippen molar-refractivity contribution in [3.63, 3.8) is 0 Å². The smallest absolute Gasteiger partial charge is 0.123 e. The van der Waals surface area contributed by atoms with Crippen LogP contribution in [0.3, 0.4) is 0 Å². The van der Waals surface area contributed by atoms with Gasteiger partial charge in [-0.2, -0.15) is 11.8 Å². The second-order valence-electron chi connectivity index (χ2n) is 6.08. The van der Waals surface area contributed by atoms with Gasteiger partial charge in [0.05, 0.1) is 0 Å². The fraction of sp³-hybridized carbons (Fsp3) is 0.667. The lowest BCUT2D eigenvalue weighted by molar-refractivity contribution is 0.511. The third-order valence-corrected chi connectivity index (χ3v) is 5.68. The molecule has 0 aromatic heterocycles. The summed E-state index contributed by atoms with van der Waals surface area (Å²) in [5, 5.41) is 4.48. The Labute approximate surface area is 133 Å². The molecular weight excluding hydrogens is 281 g/mol. The van der Waals surface area contributed by atoms with Crippen LogP contribution in [0.4, 0.5) is 4.39 Å². The van der Waals surface area contributed by atoms with Gasteiger partial charge in [-0.15, -0.1) is 0 Å². The van der Waals surface area contributed by atoms with E-state index in [0.29, 0.717) is 6.04 Å². The summed E-state index contributed by atoms with van der Waals surface area (Å²) in [6.07, 6.45) is 9.04. The van der Waals surface area contributed by atoms with Gasteiger partial charge in [0.15, 0.2) is 0 Å². The third-order valence-electron chi connectivity index (χ3n) is 4.14. The van der Waals surface area contributed by atoms with E-state index in [1.54, 1.807) is 6.07 Å². The van der Waals surface area contributed by atoms with Crippen LogP contribution < -0.4 is 5.32 Å². The first-order chi connectivity index (χ1) is 10.3. The Morgan fingerprint density at radius 2 is 2.10 bits per heavy atom. The summed E-state index contributed by atoms with van der Waals surface area (Å²) in [5.74, 6) is 1.02. The Balaban J connectivity index is 1.84. The van der Waals surface area contributed by atoms with Crippen molar-refractivity contribution in [1.82, 2.24) is 5.32 Å². The number of rotatable bonds is 8. The summed E-state index contributed by atoms with van der Waals surface area (Å²) < 4.78 is 13.3. The second kappa shape index (κ2) is 9.47. The first-order valence-electron chi connectivity index (χ1n) is 8.37. The first-order valence-corrected chi connectivity index (χ1v) is 9.42. The van der Waals surface area contributed by atoms with Gasteiger partial charge in [-0.3, -0.25) is 0 Å². The van der Waals surface area contributed by atoms with Crippen molar-refractivity contribution in [3.8, 4) is 0 Å². The van der Waals surface area contributed by atoms with Crippen LogP contribution in [-0.2, 0) is 6.42 Å². The minimum atomic E-state index is -0.123. The van der Waals surface area contributed by atoms with E-state index in [9.17, 15) is 4.39 Å². The molecule has 1 aliphatic carbocycles. The van der Waals surface area contributed by atoms with Crippen LogP contribution in [0.5, 0.6) is 0 Å². The van der Waals surface area contributed by atoms with Crippen LogP contribution in [0.2, 0.25) is 0 Å². The zero-order valence-corrected chi connectivity index (χ0v) is 13.9. The molecule has 1 unspecified atom stereocenters. The van der Waals surface area contributed by atoms with Crippen molar-refractivity contribution in [3.05, 3.63) is 35.6 Å². The van der Waals surface area contributed by atoms with Crippen molar-refractivity contribution < 1.29 is 4.39 Å². The van der Waals surface area contributed by atoms with E-state index >= 15 is 0 Å². The molecule has 118 valence electrons. The lowest BCUT2D eigenvalue weighted by Crippen LogP contribution is -2.34. The Morgan fingerprint density at radius 3 is 2.81 bits per heavy atom. The fourth-order valence-electron chi connectivity index (χ4n) is 2.97. The van der Waals surface area contributed by atoms with Crippen molar-refractivity contribution in [2.75, 3.05) is 12.3 Å². The van der Waals surface area contributed by atoms with Gasteiger partial charge < -0.3 is 5.32 Å². The van der Waals surface area contributed by atoms with Crippen LogP contribution in [0, 0.1) is 5.82 Å². The number of nitrogens with one attached hydrogen (secondary N) is 1. The summed E-state index contributed by atoms with van der Waals surface area (Å²) in [6.45, 7) is 3.24. The number of halogens is 1. The maximum absolute atomic E-state index is 13.3. The van der Waals surface area contributed by atoms with Crippen LogP contribution in [0.25, 0.3) is 0 Å². The van der Waals surface area contributed by atoms with Crippen molar-refractivity contribution in [2.24, 2.45) is 0 Å². The Morgan fingerprint density at radius 1 is 1.29 bits per heavy atom. The lowest BCUT2D eigenvalue weighted by atomic mass is 10.0. The zero-order chi connectivity index (χ0) is 14.9. The molecule has 0 spiro atoms. The maximum Gasteiger partial charge on any atom is 0.123 e. The third kappa shape index (κ3) is 6.39. The van der Waals surface area contributed by atoms with E-state index in [4.69, 9.17) is 0 Å². The molecule has 0 radical (unpaired) electrons. The van der Waals surface area contributed by atoms with Gasteiger partial charge in [-0.25, -0.2) is 4.39 Å². The molecule has 0 heterocycles. The van der Waals surface area contributed by atoms with Crippen LogP contribution in [0.15, 0.2) is 24.3 Å². The van der Waals surface area contributed by atoms with E-state index in [2.05, 4.69) is 24.0 Å². The highest BCUT2D eigenvalue weighted by Crippen LogP contribution is 2.28. The molecule has 1 fully saturated rings. The molecule has 2 rings (SSSR count). The van der Waals surface area contributed by atoms with E-state index < -0.39 is 0 Å². The molecule has 0 amide bonds. The monoisotopic (exact) mass is 309 g/mol. The largest absolute Gasteiger partial charge is 0.313 e. The summed E-state index contributed by atoms with van der Waals surface area (Å²) >= 11 is 2.12. The van der Waals surface area contributed by atoms with Gasteiger partial charge in [-0.1, -0.05) is 38.3 Å². The number of thioether (sulfide) groups is 1. The molecule has 0 bridgehead atoms. The maximum atomic E-state index is 13.3. The average molecular weight is 309 g/mol. The molecule has 1 aliphatic rings. The fourth-order valence-corrected chi connectivity index (χ4v) is 4.38. The van der Waals surface area contributed by atoms with Crippen molar-refractivity contribution in [1.29, 1.82) is 0 Å². The van der Waals surface area contributed by atoms with Gasteiger partial charge in [-0.05, 0) is 49.9 Å². The highest BCUT2D eigenvalue weighted by Gasteiger charge is 2.17. The van der Waals surface area contributed by atoms with Gasteiger partial charge in [0, 0.05) is 17.0 Å². The standard InChI is InChI=1S/C18H28FNS/c1-2-11-20-17(13-15-7-6-8-16(19)12-15)14-21-18-9-4-3-5-10-18/h6-8,12,17-18,20H,2-5,9-11,13-14H2,1H3. The summed E-state index contributed by atoms with van der Waals surface area (Å²) in [4.78, 5) is 0. The van der Waals surface area contributed by atoms with Gasteiger partial charge in [0.25, 0.3) is 0 Å². The SMILES string of the molecule is CCCNC(CSC1CCCCC1)Cc1cccc(F)c1. The number of hydrogen-bond acceptors (Lipinski definition) is 2. The summed E-state index contributed by atoms with van der Waals surface area (Å²) in [5.41, 5.74) is 1.10. The number of hydrogen-bond donors (Lipinski definition) is 1. The Bertz CT molecular complexity index is 404. The first kappa shape index (κ1) is 16.8. The van der Waals surface area contributed by atoms with Crippen LogP contribution in [0.1, 0.15) is 51.0 Å². The normalized spacial score (nSPS) is 17.8. The molecular formula is C18H28FNS. The minimum Gasteiger partial charge on any atom is -0.313 e. The quantitative estimate of drug-likeness (QED) is 0.740. The van der Waals surface area contributed by atoms with Crippen LogP contribution >= 0.6 is 11.8 Å². The summed E-state index contributed by atoms with van der Waals surface area (Å²) in [6, 6.07) is 7.50. The predicted octanol–water partition coefficient (Wildman–Crippen LogP) is 4.80. The van der Waals surface area contributed by atoms with E-state index in [-0.39, 0.29) is 5.82 Å². The highest BCUT2D eigenvalue weighted by atomic mass is 32.2. The topological polar surface area (TPSA) is 12.0 Å². The van der Waals surface area contributed by atoms with Gasteiger partial charge in [0.2, 0.25) is 0 Å². The molecule has 1 N–H and O–H groups in total. The lowest BCUT2D eigenvalue weighted by Gasteiger charge is -2.24. The zero-order valence-electron chi connectivity index (χ0n) is 13.1. The van der Waals surface area contributed by atoms with E-state index in [1.807, 2.05) is 12.1 Å². The predicted molar refractivity (Wildman–Crippen MR) is 91.5 cm³/mol. The Hall–Kier alpha value is -0.540. The molecule has 1 atom stereocenters. The molecule has 1 aromatic carbocycles.